The zero-order chi connectivity index (χ0) is 19.1. The summed E-state index contributed by atoms with van der Waals surface area (Å²) in [4.78, 5) is 4.51. The van der Waals surface area contributed by atoms with Crippen LogP contribution >= 0.6 is 0 Å². The highest BCUT2D eigenvalue weighted by molar-refractivity contribution is 5.59. The molecule has 2 aromatic rings. The molecular weight excluding hydrogens is 368 g/mol. The Balaban J connectivity index is 1.86. The molecule has 3 rings (SSSR count). The fourth-order valence-electron chi connectivity index (χ4n) is 2.55. The van der Waals surface area contributed by atoms with E-state index < -0.39 is 30.8 Å². The zero-order valence-corrected chi connectivity index (χ0v) is 13.4. The van der Waals surface area contributed by atoms with E-state index in [1.54, 1.807) is 6.92 Å². The molecule has 0 N–H and O–H groups in total. The van der Waals surface area contributed by atoms with Crippen LogP contribution < -0.4 is 4.74 Å². The van der Waals surface area contributed by atoms with Crippen LogP contribution in [0.5, 0.6) is 5.75 Å². The molecule has 0 bridgehead atoms. The van der Waals surface area contributed by atoms with Crippen LogP contribution in [0, 0.1) is 0 Å². The Morgan fingerprint density at radius 1 is 1.19 bits per heavy atom. The largest absolute Gasteiger partial charge is 0.492 e. The third-order valence-corrected chi connectivity index (χ3v) is 3.85. The summed E-state index contributed by atoms with van der Waals surface area (Å²) >= 11 is 0. The molecule has 5 nitrogen and oxygen atoms in total. The lowest BCUT2D eigenvalue weighted by Crippen LogP contribution is -2.41. The molecule has 1 atom stereocenters. The highest BCUT2D eigenvalue weighted by Crippen LogP contribution is 2.33. The summed E-state index contributed by atoms with van der Waals surface area (Å²) in [5.74, 6) is -1.49. The number of benzene rings is 1. The van der Waals surface area contributed by atoms with Crippen LogP contribution in [0.3, 0.4) is 0 Å². The van der Waals surface area contributed by atoms with Crippen LogP contribution in [-0.4, -0.2) is 40.4 Å². The van der Waals surface area contributed by atoms with Gasteiger partial charge in [-0.25, -0.2) is 0 Å². The Bertz CT molecular complexity index is 786. The minimum atomic E-state index is -4.76. The van der Waals surface area contributed by atoms with Gasteiger partial charge in [-0.15, -0.1) is 0 Å². The van der Waals surface area contributed by atoms with E-state index in [1.807, 2.05) is 0 Å². The molecule has 0 amide bonds. The molecule has 1 unspecified atom stereocenters. The van der Waals surface area contributed by atoms with Crippen molar-refractivity contribution in [1.29, 1.82) is 0 Å². The Hall–Kier alpha value is -2.30. The monoisotopic (exact) mass is 381 g/mol. The SMILES string of the molecule is CC1COc2cc(-c3noc(C(F)(F)F)n3)ccc2CN1CC(F)(F)F. The molecule has 1 aromatic carbocycles. The molecule has 0 spiro atoms. The number of ether oxygens (including phenoxy) is 1. The highest BCUT2D eigenvalue weighted by atomic mass is 19.4. The van der Waals surface area contributed by atoms with Gasteiger partial charge in [-0.1, -0.05) is 17.3 Å². The number of halogens is 6. The maximum Gasteiger partial charge on any atom is 0.471 e. The van der Waals surface area contributed by atoms with Crippen LogP contribution in [0.25, 0.3) is 11.4 Å². The normalized spacial score (nSPS) is 19.0. The van der Waals surface area contributed by atoms with Crippen LogP contribution in [0.15, 0.2) is 22.7 Å². The van der Waals surface area contributed by atoms with Gasteiger partial charge in [-0.2, -0.15) is 31.3 Å². The standard InChI is InChI=1S/C15H13F6N3O2/c1-8-6-25-11-4-9(12-22-13(26-23-12)15(19,20)21)2-3-10(11)5-24(8)7-14(16,17)18/h2-4,8H,5-7H2,1H3. The van der Waals surface area contributed by atoms with Crippen molar-refractivity contribution >= 4 is 0 Å². The van der Waals surface area contributed by atoms with E-state index in [0.717, 1.165) is 0 Å². The lowest BCUT2D eigenvalue weighted by Gasteiger charge is -2.26. The first-order valence-electron chi connectivity index (χ1n) is 7.51. The van der Waals surface area contributed by atoms with Crippen molar-refractivity contribution in [3.8, 4) is 17.1 Å². The predicted molar refractivity (Wildman–Crippen MR) is 76.2 cm³/mol. The second-order valence-electron chi connectivity index (χ2n) is 5.92. The van der Waals surface area contributed by atoms with Crippen LogP contribution in [0.1, 0.15) is 18.4 Å². The van der Waals surface area contributed by atoms with Crippen molar-refractivity contribution in [2.24, 2.45) is 0 Å². The molecule has 0 saturated heterocycles. The van der Waals surface area contributed by atoms with E-state index in [4.69, 9.17) is 4.74 Å². The van der Waals surface area contributed by atoms with Gasteiger partial charge < -0.3 is 9.26 Å². The lowest BCUT2D eigenvalue weighted by molar-refractivity contribution is -0.159. The maximum atomic E-state index is 12.7. The number of alkyl halides is 6. The Labute approximate surface area is 143 Å². The Morgan fingerprint density at radius 3 is 2.54 bits per heavy atom. The van der Waals surface area contributed by atoms with Gasteiger partial charge in [-0.05, 0) is 13.0 Å². The number of hydrogen-bond donors (Lipinski definition) is 0. The van der Waals surface area contributed by atoms with E-state index >= 15 is 0 Å². The maximum absolute atomic E-state index is 12.7. The van der Waals surface area contributed by atoms with Crippen LogP contribution in [0.2, 0.25) is 0 Å². The fourth-order valence-corrected chi connectivity index (χ4v) is 2.55. The summed E-state index contributed by atoms with van der Waals surface area (Å²) in [6, 6.07) is 3.80. The smallest absolute Gasteiger partial charge is 0.471 e. The summed E-state index contributed by atoms with van der Waals surface area (Å²) in [5, 5.41) is 3.28. The summed E-state index contributed by atoms with van der Waals surface area (Å²) < 4.78 is 85.5. The third kappa shape index (κ3) is 4.09. The Kier molecular flexibility index (Phi) is 4.59. The lowest BCUT2D eigenvalue weighted by atomic mass is 10.1. The van der Waals surface area contributed by atoms with Gasteiger partial charge >= 0.3 is 18.2 Å². The summed E-state index contributed by atoms with van der Waals surface area (Å²) in [5.41, 5.74) is 0.696. The van der Waals surface area contributed by atoms with E-state index in [1.165, 1.54) is 23.1 Å². The van der Waals surface area contributed by atoms with Crippen molar-refractivity contribution in [2.45, 2.75) is 31.9 Å². The van der Waals surface area contributed by atoms with Crippen molar-refractivity contribution in [3.63, 3.8) is 0 Å². The zero-order valence-electron chi connectivity index (χ0n) is 13.4. The van der Waals surface area contributed by atoms with Gasteiger partial charge in [0.2, 0.25) is 5.82 Å². The van der Waals surface area contributed by atoms with Gasteiger partial charge in [-0.3, -0.25) is 4.90 Å². The van der Waals surface area contributed by atoms with Crippen molar-refractivity contribution in [1.82, 2.24) is 15.0 Å². The highest BCUT2D eigenvalue weighted by Gasteiger charge is 2.39. The molecule has 26 heavy (non-hydrogen) atoms. The molecule has 0 radical (unpaired) electrons. The molecule has 2 heterocycles. The van der Waals surface area contributed by atoms with Gasteiger partial charge in [0.15, 0.2) is 0 Å². The van der Waals surface area contributed by atoms with Gasteiger partial charge in [0, 0.05) is 23.7 Å². The molecular formula is C15H13F6N3O2. The van der Waals surface area contributed by atoms with E-state index in [0.29, 0.717) is 5.56 Å². The first kappa shape index (κ1) is 18.5. The van der Waals surface area contributed by atoms with Gasteiger partial charge in [0.25, 0.3) is 0 Å². The van der Waals surface area contributed by atoms with E-state index in [2.05, 4.69) is 14.7 Å². The summed E-state index contributed by atoms with van der Waals surface area (Å²) in [6.07, 6.45) is -9.11. The average Bonchev–Trinajstić information content (AvgIpc) is 2.96. The predicted octanol–water partition coefficient (Wildman–Crippen LogP) is 3.90. The molecule has 1 aliphatic heterocycles. The number of nitrogens with zero attached hydrogens (tertiary/aromatic N) is 3. The van der Waals surface area contributed by atoms with E-state index in [9.17, 15) is 26.3 Å². The van der Waals surface area contributed by atoms with Crippen LogP contribution in [0.4, 0.5) is 26.3 Å². The molecule has 0 saturated carbocycles. The van der Waals surface area contributed by atoms with E-state index in [-0.39, 0.29) is 30.3 Å². The first-order chi connectivity index (χ1) is 12.0. The Morgan fingerprint density at radius 2 is 1.92 bits per heavy atom. The molecule has 0 fully saturated rings. The first-order valence-corrected chi connectivity index (χ1v) is 7.51. The molecule has 11 heteroatoms. The second kappa shape index (κ2) is 6.45. The second-order valence-corrected chi connectivity index (χ2v) is 5.92. The number of hydrogen-bond acceptors (Lipinski definition) is 5. The summed E-state index contributed by atoms with van der Waals surface area (Å²) in [6.45, 7) is 0.523. The molecule has 0 aliphatic carbocycles. The van der Waals surface area contributed by atoms with Gasteiger partial charge in [0.1, 0.15) is 12.4 Å². The number of aromatic nitrogens is 2. The molecule has 1 aromatic heterocycles. The molecule has 1 aliphatic rings. The fraction of sp³-hybridized carbons (Fsp3) is 0.467. The summed E-state index contributed by atoms with van der Waals surface area (Å²) in [7, 11) is 0. The van der Waals surface area contributed by atoms with Crippen LogP contribution in [-0.2, 0) is 12.7 Å². The van der Waals surface area contributed by atoms with Crippen molar-refractivity contribution in [3.05, 3.63) is 29.7 Å². The average molecular weight is 381 g/mol. The van der Waals surface area contributed by atoms with Crippen molar-refractivity contribution in [2.75, 3.05) is 13.2 Å². The minimum Gasteiger partial charge on any atom is -0.492 e. The quantitative estimate of drug-likeness (QED) is 0.739. The van der Waals surface area contributed by atoms with Gasteiger partial charge in [0.05, 0.1) is 6.54 Å². The number of fused-ring (bicyclic) bond motifs is 1. The minimum absolute atomic E-state index is 0.00364. The van der Waals surface area contributed by atoms with Crippen molar-refractivity contribution < 1.29 is 35.6 Å². The topological polar surface area (TPSA) is 51.4 Å². The third-order valence-electron chi connectivity index (χ3n) is 3.85. The molecule has 142 valence electrons. The number of rotatable bonds is 2.